The Morgan fingerprint density at radius 3 is 2.77 bits per heavy atom. The van der Waals surface area contributed by atoms with Crippen molar-refractivity contribution < 1.29 is 14.5 Å². The zero-order chi connectivity index (χ0) is 16.1. The fourth-order valence-corrected chi connectivity index (χ4v) is 1.97. The van der Waals surface area contributed by atoms with Gasteiger partial charge in [0.2, 0.25) is 0 Å². The van der Waals surface area contributed by atoms with Crippen LogP contribution < -0.4 is 10.1 Å². The number of ether oxygens (including phenoxy) is 1. The molecule has 0 unspecified atom stereocenters. The largest absolute Gasteiger partial charge is 0.497 e. The monoisotopic (exact) mass is 301 g/mol. The van der Waals surface area contributed by atoms with E-state index in [9.17, 15) is 14.9 Å². The minimum Gasteiger partial charge on any atom is -0.497 e. The first-order valence-corrected chi connectivity index (χ1v) is 6.56. The lowest BCUT2D eigenvalue weighted by atomic mass is 10.1. The summed E-state index contributed by atoms with van der Waals surface area (Å²) in [5.74, 6) is -0.160. The number of nitro benzene ring substituents is 1. The van der Waals surface area contributed by atoms with E-state index in [2.05, 4.69) is 10.3 Å². The molecule has 1 aromatic heterocycles. The molecule has 7 heteroatoms. The lowest BCUT2D eigenvalue weighted by Crippen LogP contribution is -2.27. The van der Waals surface area contributed by atoms with Gasteiger partial charge in [0.25, 0.3) is 11.6 Å². The van der Waals surface area contributed by atoms with Crippen molar-refractivity contribution in [3.8, 4) is 5.75 Å². The molecule has 1 aromatic carbocycles. The number of aromatic nitrogens is 1. The second kappa shape index (κ2) is 6.66. The summed E-state index contributed by atoms with van der Waals surface area (Å²) in [7, 11) is 1.43. The van der Waals surface area contributed by atoms with Gasteiger partial charge in [-0.15, -0.1) is 0 Å². The van der Waals surface area contributed by atoms with Crippen LogP contribution in [-0.4, -0.2) is 22.9 Å². The van der Waals surface area contributed by atoms with E-state index < -0.39 is 10.8 Å². The van der Waals surface area contributed by atoms with Crippen LogP contribution in [0.1, 0.15) is 28.9 Å². The molecule has 2 rings (SSSR count). The maximum Gasteiger partial charge on any atom is 0.282 e. The minimum absolute atomic E-state index is 0.0416. The Kier molecular flexibility index (Phi) is 4.67. The quantitative estimate of drug-likeness (QED) is 0.676. The predicted octanol–water partition coefficient (Wildman–Crippen LogP) is 2.49. The number of carbonyl (C=O) groups is 1. The normalized spacial score (nSPS) is 11.5. The van der Waals surface area contributed by atoms with Crippen molar-refractivity contribution >= 4 is 11.6 Å². The van der Waals surface area contributed by atoms with E-state index in [1.807, 2.05) is 6.07 Å². The van der Waals surface area contributed by atoms with Crippen molar-refractivity contribution in [1.29, 1.82) is 0 Å². The molecule has 22 heavy (non-hydrogen) atoms. The van der Waals surface area contributed by atoms with Crippen LogP contribution in [0.3, 0.4) is 0 Å². The van der Waals surface area contributed by atoms with Gasteiger partial charge in [0, 0.05) is 18.5 Å². The average molecular weight is 301 g/mol. The Labute approximate surface area is 127 Å². The van der Waals surface area contributed by atoms with E-state index >= 15 is 0 Å². The maximum absolute atomic E-state index is 12.3. The molecule has 0 bridgehead atoms. The lowest BCUT2D eigenvalue weighted by molar-refractivity contribution is -0.385. The number of pyridine rings is 1. The van der Waals surface area contributed by atoms with Crippen LogP contribution in [0.4, 0.5) is 5.69 Å². The number of nitro groups is 1. The van der Waals surface area contributed by atoms with Gasteiger partial charge in [0.05, 0.1) is 18.1 Å². The molecule has 0 aliphatic carbocycles. The molecule has 1 atom stereocenters. The Bertz CT molecular complexity index is 688. The van der Waals surface area contributed by atoms with Gasteiger partial charge in [0.1, 0.15) is 11.3 Å². The second-order valence-corrected chi connectivity index (χ2v) is 4.62. The number of rotatable bonds is 5. The van der Waals surface area contributed by atoms with Crippen molar-refractivity contribution in [3.63, 3.8) is 0 Å². The van der Waals surface area contributed by atoms with Crippen molar-refractivity contribution in [2.24, 2.45) is 0 Å². The van der Waals surface area contributed by atoms with E-state index in [4.69, 9.17) is 4.74 Å². The van der Waals surface area contributed by atoms with Gasteiger partial charge in [-0.2, -0.15) is 0 Å². The van der Waals surface area contributed by atoms with E-state index in [0.29, 0.717) is 5.75 Å². The van der Waals surface area contributed by atoms with Crippen molar-refractivity contribution in [2.75, 3.05) is 7.11 Å². The summed E-state index contributed by atoms with van der Waals surface area (Å²) in [6.07, 6.45) is 3.26. The van der Waals surface area contributed by atoms with E-state index in [0.717, 1.165) is 5.56 Å². The number of methoxy groups -OCH3 is 1. The molecule has 1 heterocycles. The SMILES string of the molecule is COc1ccc([N+](=O)[O-])c(C(=O)N[C@@H](C)c2cccnc2)c1. The fourth-order valence-electron chi connectivity index (χ4n) is 1.97. The third-order valence-electron chi connectivity index (χ3n) is 3.18. The molecule has 114 valence electrons. The number of carbonyl (C=O) groups excluding carboxylic acids is 1. The van der Waals surface area contributed by atoms with Crippen LogP contribution in [-0.2, 0) is 0 Å². The minimum atomic E-state index is -0.594. The Balaban J connectivity index is 2.27. The molecule has 2 aromatic rings. The van der Waals surface area contributed by atoms with Crippen molar-refractivity contribution in [3.05, 3.63) is 64.0 Å². The van der Waals surface area contributed by atoms with Gasteiger partial charge in [0.15, 0.2) is 0 Å². The summed E-state index contributed by atoms with van der Waals surface area (Å²) < 4.78 is 5.02. The van der Waals surface area contributed by atoms with E-state index in [1.165, 1.54) is 25.3 Å². The number of nitrogens with one attached hydrogen (secondary N) is 1. The highest BCUT2D eigenvalue weighted by Crippen LogP contribution is 2.24. The summed E-state index contributed by atoms with van der Waals surface area (Å²) in [5.41, 5.74) is 0.498. The van der Waals surface area contributed by atoms with E-state index in [-0.39, 0.29) is 17.3 Å². The summed E-state index contributed by atoms with van der Waals surface area (Å²) in [6.45, 7) is 1.78. The first kappa shape index (κ1) is 15.4. The van der Waals surface area contributed by atoms with Crippen molar-refractivity contribution in [2.45, 2.75) is 13.0 Å². The van der Waals surface area contributed by atoms with Crippen molar-refractivity contribution in [1.82, 2.24) is 10.3 Å². The average Bonchev–Trinajstić information content (AvgIpc) is 2.54. The van der Waals surface area contributed by atoms with Crippen LogP contribution in [0.25, 0.3) is 0 Å². The van der Waals surface area contributed by atoms with Gasteiger partial charge in [-0.05, 0) is 30.7 Å². The van der Waals surface area contributed by atoms with Crippen LogP contribution in [0, 0.1) is 10.1 Å². The molecule has 1 amide bonds. The summed E-state index contributed by atoms with van der Waals surface area (Å²) in [4.78, 5) is 26.8. The molecule has 0 spiro atoms. The van der Waals surface area contributed by atoms with Gasteiger partial charge >= 0.3 is 0 Å². The summed E-state index contributed by atoms with van der Waals surface area (Å²) >= 11 is 0. The zero-order valence-electron chi connectivity index (χ0n) is 12.1. The van der Waals surface area contributed by atoms with E-state index in [1.54, 1.807) is 25.4 Å². The van der Waals surface area contributed by atoms with Crippen LogP contribution in [0.2, 0.25) is 0 Å². The molecule has 0 fully saturated rings. The van der Waals surface area contributed by atoms with Gasteiger partial charge in [-0.1, -0.05) is 6.07 Å². The molecule has 1 N–H and O–H groups in total. The Morgan fingerprint density at radius 1 is 1.41 bits per heavy atom. The standard InChI is InChI=1S/C15H15N3O4/c1-10(11-4-3-7-16-9-11)17-15(19)13-8-12(22-2)5-6-14(13)18(20)21/h3-10H,1-2H3,(H,17,19)/t10-/m0/s1. The fraction of sp³-hybridized carbons (Fsp3) is 0.200. The topological polar surface area (TPSA) is 94.4 Å². The first-order valence-electron chi connectivity index (χ1n) is 6.56. The zero-order valence-corrected chi connectivity index (χ0v) is 12.1. The molecule has 0 saturated heterocycles. The molecular weight excluding hydrogens is 286 g/mol. The van der Waals surface area contributed by atoms with Crippen LogP contribution in [0.15, 0.2) is 42.7 Å². The highest BCUT2D eigenvalue weighted by Gasteiger charge is 2.22. The Morgan fingerprint density at radius 2 is 2.18 bits per heavy atom. The third-order valence-corrected chi connectivity index (χ3v) is 3.18. The van der Waals surface area contributed by atoms with Gasteiger partial charge < -0.3 is 10.1 Å². The molecule has 0 aliphatic rings. The number of nitrogens with zero attached hydrogens (tertiary/aromatic N) is 2. The third kappa shape index (κ3) is 3.38. The summed E-state index contributed by atoms with van der Waals surface area (Å²) in [6, 6.07) is 7.29. The highest BCUT2D eigenvalue weighted by atomic mass is 16.6. The molecule has 0 radical (unpaired) electrons. The Hall–Kier alpha value is -2.96. The first-order chi connectivity index (χ1) is 10.5. The van der Waals surface area contributed by atoms with Gasteiger partial charge in [-0.3, -0.25) is 19.9 Å². The number of benzene rings is 1. The molecule has 7 nitrogen and oxygen atoms in total. The maximum atomic E-state index is 12.3. The number of hydrogen-bond donors (Lipinski definition) is 1. The molecule has 0 aliphatic heterocycles. The van der Waals surface area contributed by atoms with Gasteiger partial charge in [-0.25, -0.2) is 0 Å². The highest BCUT2D eigenvalue weighted by molar-refractivity contribution is 5.98. The smallest absolute Gasteiger partial charge is 0.282 e. The predicted molar refractivity (Wildman–Crippen MR) is 79.8 cm³/mol. The number of amides is 1. The molecule has 0 saturated carbocycles. The second-order valence-electron chi connectivity index (χ2n) is 4.62. The number of hydrogen-bond acceptors (Lipinski definition) is 5. The molecular formula is C15H15N3O4. The van der Waals surface area contributed by atoms with Crippen LogP contribution in [0.5, 0.6) is 5.75 Å². The lowest BCUT2D eigenvalue weighted by Gasteiger charge is -2.14. The summed E-state index contributed by atoms with van der Waals surface area (Å²) in [5, 5.41) is 13.8. The van der Waals surface area contributed by atoms with Crippen LogP contribution >= 0.6 is 0 Å².